The Morgan fingerprint density at radius 3 is 2.74 bits per heavy atom. The lowest BCUT2D eigenvalue weighted by molar-refractivity contribution is -0.137. The number of aliphatic hydroxyl groups is 1. The van der Waals surface area contributed by atoms with Crippen molar-refractivity contribution in [1.82, 2.24) is 19.9 Å². The van der Waals surface area contributed by atoms with E-state index in [9.17, 15) is 23.1 Å². The number of benzene rings is 1. The van der Waals surface area contributed by atoms with Crippen LogP contribution in [0.5, 0.6) is 11.5 Å². The van der Waals surface area contributed by atoms with Crippen LogP contribution < -0.4 is 14.5 Å². The lowest BCUT2D eigenvalue weighted by atomic mass is 10.1. The number of fused-ring (bicyclic) bond motifs is 1. The maximum atomic E-state index is 13.1. The first-order valence-corrected chi connectivity index (χ1v) is 10.7. The maximum Gasteiger partial charge on any atom is 0.417 e. The van der Waals surface area contributed by atoms with Crippen LogP contribution in [-0.4, -0.2) is 43.8 Å². The summed E-state index contributed by atoms with van der Waals surface area (Å²) in [6.45, 7) is 1.70. The third kappa shape index (κ3) is 4.12. The first-order chi connectivity index (χ1) is 16.8. The minimum absolute atomic E-state index is 0.0525. The number of aromatic amines is 1. The van der Waals surface area contributed by atoms with Gasteiger partial charge in [-0.3, -0.25) is 14.8 Å². The van der Waals surface area contributed by atoms with Crippen molar-refractivity contribution >= 4 is 28.6 Å². The fourth-order valence-electron chi connectivity index (χ4n) is 3.93. The van der Waals surface area contributed by atoms with Gasteiger partial charge >= 0.3 is 12.2 Å². The van der Waals surface area contributed by atoms with Gasteiger partial charge in [0.05, 0.1) is 30.3 Å². The van der Waals surface area contributed by atoms with E-state index in [2.05, 4.69) is 19.9 Å². The maximum absolute atomic E-state index is 13.1. The van der Waals surface area contributed by atoms with Gasteiger partial charge in [0.2, 0.25) is 0 Å². The van der Waals surface area contributed by atoms with E-state index in [1.165, 1.54) is 6.33 Å². The molecule has 2 N–H and O–H groups in total. The minimum atomic E-state index is -4.60. The van der Waals surface area contributed by atoms with E-state index in [-0.39, 0.29) is 12.2 Å². The molecule has 35 heavy (non-hydrogen) atoms. The number of H-pyrrole nitrogens is 1. The molecule has 4 aromatic rings. The molecule has 12 heteroatoms. The average Bonchev–Trinajstić information content (AvgIpc) is 3.43. The number of ether oxygens (including phenoxy) is 1. The van der Waals surface area contributed by atoms with Gasteiger partial charge < -0.3 is 14.8 Å². The molecule has 1 fully saturated rings. The van der Waals surface area contributed by atoms with Crippen molar-refractivity contribution in [2.75, 3.05) is 16.3 Å². The third-order valence-corrected chi connectivity index (χ3v) is 5.66. The predicted molar refractivity (Wildman–Crippen MR) is 120 cm³/mol. The van der Waals surface area contributed by atoms with Crippen LogP contribution in [0.15, 0.2) is 55.2 Å². The molecule has 0 radical (unpaired) electrons. The zero-order chi connectivity index (χ0) is 24.7. The zero-order valence-corrected chi connectivity index (χ0v) is 18.3. The number of nitrogens with one attached hydrogen (secondary N) is 1. The molecule has 0 saturated carbocycles. The lowest BCUT2D eigenvalue weighted by Gasteiger charge is -2.22. The second kappa shape index (κ2) is 8.55. The van der Waals surface area contributed by atoms with Crippen molar-refractivity contribution in [3.8, 4) is 11.5 Å². The Balaban J connectivity index is 1.43. The largest absolute Gasteiger partial charge is 0.455 e. The van der Waals surface area contributed by atoms with E-state index in [1.54, 1.807) is 30.5 Å². The molecule has 1 unspecified atom stereocenters. The number of pyridine rings is 2. The van der Waals surface area contributed by atoms with E-state index in [0.29, 0.717) is 41.0 Å². The Morgan fingerprint density at radius 2 is 1.97 bits per heavy atom. The summed E-state index contributed by atoms with van der Waals surface area (Å²) in [5.41, 5.74) is 1.25. The fourth-order valence-corrected chi connectivity index (χ4v) is 3.93. The van der Waals surface area contributed by atoms with Gasteiger partial charge in [-0.15, -0.1) is 0 Å². The molecule has 1 saturated heterocycles. The number of carbonyl (C=O) groups is 1. The highest BCUT2D eigenvalue weighted by Crippen LogP contribution is 2.36. The van der Waals surface area contributed by atoms with Crippen LogP contribution in [0.1, 0.15) is 18.1 Å². The van der Waals surface area contributed by atoms with Crippen LogP contribution in [0.25, 0.3) is 11.2 Å². The number of hydrogen-bond donors (Lipinski definition) is 2. The summed E-state index contributed by atoms with van der Waals surface area (Å²) >= 11 is 0. The zero-order valence-electron chi connectivity index (χ0n) is 18.3. The van der Waals surface area contributed by atoms with Crippen molar-refractivity contribution in [2.24, 2.45) is 0 Å². The summed E-state index contributed by atoms with van der Waals surface area (Å²) < 4.78 is 45.4. The minimum Gasteiger partial charge on any atom is -0.455 e. The van der Waals surface area contributed by atoms with Crippen molar-refractivity contribution in [2.45, 2.75) is 25.7 Å². The van der Waals surface area contributed by atoms with Crippen molar-refractivity contribution < 1.29 is 27.8 Å². The SMILES string of the molecule is CCc1cc(N2C(=O)N(c3cncc(C(F)(F)F)c3)CC2O)ccc1Oc1ccnc2nc[nH]c12. The molecule has 1 atom stereocenters. The second-order valence-corrected chi connectivity index (χ2v) is 7.83. The van der Waals surface area contributed by atoms with E-state index >= 15 is 0 Å². The van der Waals surface area contributed by atoms with Gasteiger partial charge in [0.1, 0.15) is 11.3 Å². The number of amides is 2. The Bertz CT molecular complexity index is 1410. The number of carbonyl (C=O) groups excluding carboxylic acids is 1. The van der Waals surface area contributed by atoms with Gasteiger partial charge in [-0.25, -0.2) is 14.8 Å². The molecule has 180 valence electrons. The fraction of sp³-hybridized carbons (Fsp3) is 0.217. The molecular formula is C23H19F3N6O3. The number of β-amino-alcohol motifs (C(OH)–C–C–N with tert-alkyl or cyclic N) is 1. The van der Waals surface area contributed by atoms with Gasteiger partial charge in [0.15, 0.2) is 17.6 Å². The molecule has 0 spiro atoms. The number of alkyl halides is 3. The first-order valence-electron chi connectivity index (χ1n) is 10.7. The Kier molecular flexibility index (Phi) is 5.52. The van der Waals surface area contributed by atoms with Gasteiger partial charge in [-0.2, -0.15) is 13.2 Å². The van der Waals surface area contributed by atoms with Crippen molar-refractivity contribution in [1.29, 1.82) is 0 Å². The third-order valence-electron chi connectivity index (χ3n) is 5.66. The van der Waals surface area contributed by atoms with E-state index in [4.69, 9.17) is 4.74 Å². The number of aromatic nitrogens is 4. The molecule has 0 aliphatic carbocycles. The summed E-state index contributed by atoms with van der Waals surface area (Å²) in [6, 6.07) is 6.85. The predicted octanol–water partition coefficient (Wildman–Crippen LogP) is 4.49. The number of aryl methyl sites for hydroxylation is 1. The molecule has 4 heterocycles. The number of nitrogens with zero attached hydrogens (tertiary/aromatic N) is 5. The summed E-state index contributed by atoms with van der Waals surface area (Å²) in [4.78, 5) is 30.1. The number of rotatable bonds is 5. The van der Waals surface area contributed by atoms with Gasteiger partial charge in [0, 0.05) is 24.1 Å². The molecule has 2 amide bonds. The number of urea groups is 1. The molecule has 1 aliphatic heterocycles. The molecule has 0 bridgehead atoms. The lowest BCUT2D eigenvalue weighted by Crippen LogP contribution is -2.35. The van der Waals surface area contributed by atoms with Crippen LogP contribution in [0.4, 0.5) is 29.3 Å². The quantitative estimate of drug-likeness (QED) is 0.432. The first kappa shape index (κ1) is 22.6. The highest BCUT2D eigenvalue weighted by atomic mass is 19.4. The number of hydrogen-bond acceptors (Lipinski definition) is 6. The normalized spacial score (nSPS) is 16.4. The van der Waals surface area contributed by atoms with Crippen molar-refractivity contribution in [3.05, 3.63) is 66.4 Å². The smallest absolute Gasteiger partial charge is 0.417 e. The summed E-state index contributed by atoms with van der Waals surface area (Å²) in [7, 11) is 0. The molecule has 9 nitrogen and oxygen atoms in total. The van der Waals surface area contributed by atoms with Crippen molar-refractivity contribution in [3.63, 3.8) is 0 Å². The van der Waals surface area contributed by atoms with Crippen LogP contribution in [-0.2, 0) is 12.6 Å². The monoisotopic (exact) mass is 484 g/mol. The van der Waals surface area contributed by atoms with E-state index in [0.717, 1.165) is 27.6 Å². The second-order valence-electron chi connectivity index (χ2n) is 7.83. The Morgan fingerprint density at radius 1 is 1.14 bits per heavy atom. The van der Waals surface area contributed by atoms with E-state index in [1.807, 2.05) is 6.92 Å². The number of imidazole rings is 1. The van der Waals surface area contributed by atoms with Crippen LogP contribution in [0.3, 0.4) is 0 Å². The molecule has 3 aromatic heterocycles. The molecule has 1 aromatic carbocycles. The highest BCUT2D eigenvalue weighted by Gasteiger charge is 2.39. The van der Waals surface area contributed by atoms with Gasteiger partial charge in [-0.1, -0.05) is 6.92 Å². The number of anilines is 2. The van der Waals surface area contributed by atoms with Crippen LogP contribution in [0.2, 0.25) is 0 Å². The van der Waals surface area contributed by atoms with Gasteiger partial charge in [-0.05, 0) is 36.2 Å². The van der Waals surface area contributed by atoms with Gasteiger partial charge in [0.25, 0.3) is 0 Å². The molecule has 5 rings (SSSR count). The highest BCUT2D eigenvalue weighted by molar-refractivity contribution is 6.06. The summed E-state index contributed by atoms with van der Waals surface area (Å²) in [5, 5.41) is 10.6. The average molecular weight is 484 g/mol. The molecular weight excluding hydrogens is 465 g/mol. The summed E-state index contributed by atoms with van der Waals surface area (Å²) in [6.07, 6.45) is -0.382. The summed E-state index contributed by atoms with van der Waals surface area (Å²) in [5.74, 6) is 1.06. The van der Waals surface area contributed by atoms with Crippen LogP contribution >= 0.6 is 0 Å². The van der Waals surface area contributed by atoms with Crippen LogP contribution in [0, 0.1) is 0 Å². The standard InChI is InChI=1S/C23H19F3N6O3/c1-2-13-7-15(3-4-17(13)35-18-5-6-28-21-20(18)29-12-30-21)32-19(33)11-31(22(32)34)16-8-14(9-27-10-16)23(24,25)26/h3-10,12,19,33H,2,11H2,1H3,(H,28,29,30). The number of halogens is 3. The molecule has 1 aliphatic rings. The van der Waals surface area contributed by atoms with E-state index < -0.39 is 24.0 Å². The topological polar surface area (TPSA) is 107 Å². The Hall–Kier alpha value is -4.19. The number of aliphatic hydroxyl groups excluding tert-OH is 1. The Labute approximate surface area is 196 Å².